The van der Waals surface area contributed by atoms with Crippen molar-refractivity contribution >= 4 is 11.9 Å². The first-order chi connectivity index (χ1) is 13.5. The average molecular weight is 366 g/mol. The van der Waals surface area contributed by atoms with Crippen LogP contribution in [0.4, 0.5) is 0 Å². The lowest BCUT2D eigenvalue weighted by Gasteiger charge is -2.05. The van der Waals surface area contributed by atoms with Crippen LogP contribution in [0.25, 0.3) is 0 Å². The Morgan fingerprint density at radius 3 is 1.32 bits per heavy atom. The van der Waals surface area contributed by atoms with Gasteiger partial charge in [0.25, 0.3) is 0 Å². The van der Waals surface area contributed by atoms with E-state index < -0.39 is 11.9 Å². The monoisotopic (exact) mass is 366 g/mol. The van der Waals surface area contributed by atoms with Crippen molar-refractivity contribution in [1.29, 1.82) is 0 Å². The molecule has 0 aliphatic carbocycles. The summed E-state index contributed by atoms with van der Waals surface area (Å²) in [6, 6.07) is 20.7. The first kappa shape index (κ1) is 18.5. The molecule has 0 aliphatic rings. The van der Waals surface area contributed by atoms with Crippen LogP contribution < -0.4 is 0 Å². The van der Waals surface area contributed by atoms with Crippen LogP contribution >= 0.6 is 0 Å². The highest BCUT2D eigenvalue weighted by Crippen LogP contribution is 2.17. The smallest absolute Gasteiger partial charge is 0.336 e. The van der Waals surface area contributed by atoms with Gasteiger partial charge in [-0.1, -0.05) is 60.1 Å². The van der Waals surface area contributed by atoms with E-state index >= 15 is 0 Å². The lowest BCUT2D eigenvalue weighted by Crippen LogP contribution is -2.07. The molecule has 0 aliphatic heterocycles. The fraction of sp³-hybridized carbons (Fsp3) is 0. The van der Waals surface area contributed by atoms with Crippen LogP contribution in [0.3, 0.4) is 0 Å². The molecule has 28 heavy (non-hydrogen) atoms. The predicted molar refractivity (Wildman–Crippen MR) is 105 cm³/mol. The number of benzene rings is 3. The van der Waals surface area contributed by atoms with Gasteiger partial charge in [-0.25, -0.2) is 9.59 Å². The second kappa shape index (κ2) is 8.40. The Balaban J connectivity index is 2.14. The highest BCUT2D eigenvalue weighted by molar-refractivity contribution is 5.97. The van der Waals surface area contributed by atoms with Crippen molar-refractivity contribution < 1.29 is 19.8 Å². The number of hydrogen-bond donors (Lipinski definition) is 2. The minimum Gasteiger partial charge on any atom is -0.478 e. The fourth-order valence-corrected chi connectivity index (χ4v) is 2.48. The Morgan fingerprint density at radius 1 is 0.571 bits per heavy atom. The number of carboxylic acid groups (broad SMARTS) is 2. The molecule has 0 amide bonds. The molecule has 134 valence electrons. The van der Waals surface area contributed by atoms with Gasteiger partial charge in [0.2, 0.25) is 0 Å². The molecular weight excluding hydrogens is 352 g/mol. The highest BCUT2D eigenvalue weighted by atomic mass is 16.4. The highest BCUT2D eigenvalue weighted by Gasteiger charge is 2.17. The molecule has 0 saturated carbocycles. The van der Waals surface area contributed by atoms with E-state index in [4.69, 9.17) is 0 Å². The van der Waals surface area contributed by atoms with Gasteiger partial charge in [0.1, 0.15) is 0 Å². The fourth-order valence-electron chi connectivity index (χ4n) is 2.48. The molecule has 3 aromatic carbocycles. The summed E-state index contributed by atoms with van der Waals surface area (Å²) in [4.78, 5) is 23.2. The van der Waals surface area contributed by atoms with Gasteiger partial charge in [0.15, 0.2) is 0 Å². The van der Waals surface area contributed by atoms with Crippen LogP contribution in [0, 0.1) is 23.7 Å². The summed E-state index contributed by atoms with van der Waals surface area (Å²) in [5, 5.41) is 18.9. The van der Waals surface area contributed by atoms with Crippen molar-refractivity contribution in [2.75, 3.05) is 0 Å². The molecular formula is C24H14O4. The first-order valence-corrected chi connectivity index (χ1v) is 8.33. The molecule has 0 spiro atoms. The maximum atomic E-state index is 11.6. The standard InChI is InChI=1S/C24H14O4/c25-23(26)21-16-22(24(27)28)20(14-12-18-9-5-2-6-10-18)15-19(21)13-11-17-7-3-1-4-8-17/h1-10,15-16H,(H,25,26)(H,27,28). The zero-order chi connectivity index (χ0) is 19.9. The van der Waals surface area contributed by atoms with E-state index in [9.17, 15) is 19.8 Å². The van der Waals surface area contributed by atoms with Crippen molar-refractivity contribution in [2.45, 2.75) is 0 Å². The number of rotatable bonds is 2. The van der Waals surface area contributed by atoms with Crippen LogP contribution in [-0.2, 0) is 0 Å². The summed E-state index contributed by atoms with van der Waals surface area (Å²) < 4.78 is 0. The van der Waals surface area contributed by atoms with Gasteiger partial charge >= 0.3 is 11.9 Å². The molecule has 0 atom stereocenters. The van der Waals surface area contributed by atoms with Crippen molar-refractivity contribution in [3.63, 3.8) is 0 Å². The van der Waals surface area contributed by atoms with Gasteiger partial charge < -0.3 is 10.2 Å². The summed E-state index contributed by atoms with van der Waals surface area (Å²) in [5.41, 5.74) is 1.51. The maximum Gasteiger partial charge on any atom is 0.336 e. The third kappa shape index (κ3) is 4.46. The van der Waals surface area contributed by atoms with Gasteiger partial charge in [-0.15, -0.1) is 0 Å². The molecule has 4 nitrogen and oxygen atoms in total. The zero-order valence-electron chi connectivity index (χ0n) is 14.6. The van der Waals surface area contributed by atoms with E-state index in [2.05, 4.69) is 23.7 Å². The minimum absolute atomic E-state index is 0.175. The molecule has 0 heterocycles. The second-order valence-corrected chi connectivity index (χ2v) is 5.79. The summed E-state index contributed by atoms with van der Waals surface area (Å²) in [6.07, 6.45) is 0. The first-order valence-electron chi connectivity index (χ1n) is 8.33. The van der Waals surface area contributed by atoms with Crippen molar-refractivity contribution in [2.24, 2.45) is 0 Å². The SMILES string of the molecule is O=C(O)c1cc(C(=O)O)c(C#Cc2ccccc2)cc1C#Cc1ccccc1. The van der Waals surface area contributed by atoms with Gasteiger partial charge in [-0.2, -0.15) is 0 Å². The predicted octanol–water partition coefficient (Wildman–Crippen LogP) is 3.88. The molecule has 3 aromatic rings. The average Bonchev–Trinajstić information content (AvgIpc) is 2.71. The minimum atomic E-state index is -1.25. The Labute approximate surface area is 162 Å². The Kier molecular flexibility index (Phi) is 5.55. The quantitative estimate of drug-likeness (QED) is 0.675. The lowest BCUT2D eigenvalue weighted by molar-refractivity contribution is 0.0695. The number of carbonyl (C=O) groups is 2. The van der Waals surface area contributed by atoms with E-state index in [-0.39, 0.29) is 22.3 Å². The van der Waals surface area contributed by atoms with Crippen LogP contribution in [-0.4, -0.2) is 22.2 Å². The molecule has 0 aromatic heterocycles. The summed E-state index contributed by atoms with van der Waals surface area (Å²) in [5.74, 6) is 8.95. The summed E-state index contributed by atoms with van der Waals surface area (Å²) in [6.45, 7) is 0. The Hall–Kier alpha value is -4.28. The van der Waals surface area contributed by atoms with Crippen LogP contribution in [0.1, 0.15) is 43.0 Å². The van der Waals surface area contributed by atoms with Crippen LogP contribution in [0.5, 0.6) is 0 Å². The van der Waals surface area contributed by atoms with E-state index in [1.165, 1.54) is 6.07 Å². The molecule has 0 radical (unpaired) electrons. The molecule has 0 saturated heterocycles. The molecule has 4 heteroatoms. The van der Waals surface area contributed by atoms with E-state index in [1.54, 1.807) is 24.3 Å². The van der Waals surface area contributed by atoms with Crippen LogP contribution in [0.2, 0.25) is 0 Å². The third-order valence-corrected chi connectivity index (χ3v) is 3.85. The zero-order valence-corrected chi connectivity index (χ0v) is 14.6. The number of hydrogen-bond acceptors (Lipinski definition) is 2. The molecule has 0 fully saturated rings. The topological polar surface area (TPSA) is 74.6 Å². The van der Waals surface area contributed by atoms with Gasteiger partial charge in [0.05, 0.1) is 11.1 Å². The van der Waals surface area contributed by atoms with Crippen LogP contribution in [0.15, 0.2) is 72.8 Å². The lowest BCUT2D eigenvalue weighted by atomic mass is 9.98. The normalized spacial score (nSPS) is 9.43. The molecule has 3 rings (SSSR count). The van der Waals surface area contributed by atoms with Gasteiger partial charge in [0, 0.05) is 22.3 Å². The van der Waals surface area contributed by atoms with Gasteiger partial charge in [-0.3, -0.25) is 0 Å². The molecule has 2 N–H and O–H groups in total. The molecule has 0 bridgehead atoms. The largest absolute Gasteiger partial charge is 0.478 e. The van der Waals surface area contributed by atoms with Crippen molar-refractivity contribution in [3.05, 3.63) is 106 Å². The van der Waals surface area contributed by atoms with Crippen molar-refractivity contribution in [3.8, 4) is 23.7 Å². The summed E-state index contributed by atoms with van der Waals surface area (Å²) in [7, 11) is 0. The summed E-state index contributed by atoms with van der Waals surface area (Å²) >= 11 is 0. The van der Waals surface area contributed by atoms with E-state index in [0.717, 1.165) is 17.2 Å². The van der Waals surface area contributed by atoms with E-state index in [0.29, 0.717) is 0 Å². The second-order valence-electron chi connectivity index (χ2n) is 5.79. The van der Waals surface area contributed by atoms with Crippen molar-refractivity contribution in [1.82, 2.24) is 0 Å². The Bertz CT molecular complexity index is 1060. The van der Waals surface area contributed by atoms with Gasteiger partial charge in [-0.05, 0) is 36.4 Å². The number of carboxylic acids is 2. The number of aromatic carboxylic acids is 2. The third-order valence-electron chi connectivity index (χ3n) is 3.85. The van der Waals surface area contributed by atoms with E-state index in [1.807, 2.05) is 36.4 Å². The molecule has 0 unspecified atom stereocenters. The maximum absolute atomic E-state index is 11.6. The Morgan fingerprint density at radius 2 is 0.964 bits per heavy atom.